The maximum absolute atomic E-state index is 13.1. The van der Waals surface area contributed by atoms with Crippen LogP contribution in [-0.4, -0.2) is 54.9 Å². The molecule has 1 aromatic carbocycles. The van der Waals surface area contributed by atoms with Gasteiger partial charge in [-0.25, -0.2) is 4.98 Å². The number of para-hydroxylation sites is 1. The molecule has 0 bridgehead atoms. The molecule has 1 aliphatic rings. The van der Waals surface area contributed by atoms with Crippen LogP contribution in [-0.2, 0) is 6.42 Å². The van der Waals surface area contributed by atoms with Crippen LogP contribution in [0.3, 0.4) is 0 Å². The minimum atomic E-state index is -0.252. The predicted molar refractivity (Wildman–Crippen MR) is 106 cm³/mol. The van der Waals surface area contributed by atoms with Gasteiger partial charge in [0.15, 0.2) is 0 Å². The summed E-state index contributed by atoms with van der Waals surface area (Å²) < 4.78 is 0. The Balaban J connectivity index is 1.72. The zero-order chi connectivity index (χ0) is 19.4. The lowest BCUT2D eigenvalue weighted by molar-refractivity contribution is 0.0946. The van der Waals surface area contributed by atoms with Gasteiger partial charge in [0.25, 0.3) is 11.8 Å². The Morgan fingerprint density at radius 3 is 2.67 bits per heavy atom. The monoisotopic (exact) mass is 366 g/mol. The molecule has 2 aromatic rings. The molecule has 6 heteroatoms. The summed E-state index contributed by atoms with van der Waals surface area (Å²) in [5.41, 5.74) is 2.65. The lowest BCUT2D eigenvalue weighted by atomic mass is 10.1. The van der Waals surface area contributed by atoms with Gasteiger partial charge >= 0.3 is 0 Å². The van der Waals surface area contributed by atoms with Crippen LogP contribution < -0.4 is 10.2 Å². The van der Waals surface area contributed by atoms with Crippen molar-refractivity contribution in [3.8, 4) is 0 Å². The number of carbonyl (C=O) groups excluding carboxylic acids is 2. The second-order valence-electron chi connectivity index (χ2n) is 7.18. The van der Waals surface area contributed by atoms with E-state index in [1.807, 2.05) is 45.3 Å². The van der Waals surface area contributed by atoms with E-state index in [2.05, 4.69) is 15.2 Å². The maximum atomic E-state index is 13.1. The number of anilines is 1. The summed E-state index contributed by atoms with van der Waals surface area (Å²) in [7, 11) is 3.99. The maximum Gasteiger partial charge on any atom is 0.277 e. The van der Waals surface area contributed by atoms with E-state index in [1.165, 1.54) is 0 Å². The van der Waals surface area contributed by atoms with E-state index in [1.54, 1.807) is 23.1 Å². The molecule has 1 aromatic heterocycles. The van der Waals surface area contributed by atoms with E-state index < -0.39 is 0 Å². The highest BCUT2D eigenvalue weighted by atomic mass is 16.2. The lowest BCUT2D eigenvalue weighted by Gasteiger charge is -2.22. The SMILES string of the molecule is CC1Cc2ccccc2N1C(=O)c1cccc(C(=O)NCCCN(C)C)n1. The molecule has 142 valence electrons. The number of carbonyl (C=O) groups is 2. The molecule has 3 rings (SSSR count). The fraction of sp³-hybridized carbons (Fsp3) is 0.381. The first kappa shape index (κ1) is 19.0. The number of pyridine rings is 1. The number of benzene rings is 1. The first-order valence-corrected chi connectivity index (χ1v) is 9.29. The van der Waals surface area contributed by atoms with Gasteiger partial charge in [-0.1, -0.05) is 24.3 Å². The molecular weight excluding hydrogens is 340 g/mol. The van der Waals surface area contributed by atoms with E-state index in [-0.39, 0.29) is 23.6 Å². The summed E-state index contributed by atoms with van der Waals surface area (Å²) in [6.07, 6.45) is 1.69. The summed E-state index contributed by atoms with van der Waals surface area (Å²) in [5, 5.41) is 2.86. The standard InChI is InChI=1S/C21H26N4O2/c1-15-14-16-8-4-5-11-19(16)25(15)21(27)18-10-6-9-17(23-18)20(26)22-12-7-13-24(2)3/h4-6,8-11,15H,7,12-14H2,1-3H3,(H,22,26). The van der Waals surface area contributed by atoms with Gasteiger partial charge in [0.1, 0.15) is 11.4 Å². The summed E-state index contributed by atoms with van der Waals surface area (Å²) >= 11 is 0. The van der Waals surface area contributed by atoms with Crippen molar-refractivity contribution in [1.82, 2.24) is 15.2 Å². The Kier molecular flexibility index (Phi) is 5.86. The van der Waals surface area contributed by atoms with Gasteiger partial charge in [-0.2, -0.15) is 0 Å². The van der Waals surface area contributed by atoms with Crippen LogP contribution in [0.1, 0.15) is 39.9 Å². The molecule has 27 heavy (non-hydrogen) atoms. The number of fused-ring (bicyclic) bond motifs is 1. The molecule has 0 fully saturated rings. The van der Waals surface area contributed by atoms with Crippen molar-refractivity contribution in [2.75, 3.05) is 32.1 Å². The lowest BCUT2D eigenvalue weighted by Crippen LogP contribution is -2.36. The Hall–Kier alpha value is -2.73. The molecule has 2 heterocycles. The van der Waals surface area contributed by atoms with Crippen LogP contribution in [0.2, 0.25) is 0 Å². The fourth-order valence-corrected chi connectivity index (χ4v) is 3.37. The summed E-state index contributed by atoms with van der Waals surface area (Å²) in [4.78, 5) is 33.6. The van der Waals surface area contributed by atoms with Crippen LogP contribution >= 0.6 is 0 Å². The largest absolute Gasteiger partial charge is 0.351 e. The van der Waals surface area contributed by atoms with Gasteiger partial charge in [0, 0.05) is 18.3 Å². The van der Waals surface area contributed by atoms with Crippen LogP contribution in [0.4, 0.5) is 5.69 Å². The van der Waals surface area contributed by atoms with Gasteiger partial charge in [-0.3, -0.25) is 9.59 Å². The zero-order valence-corrected chi connectivity index (χ0v) is 16.1. The van der Waals surface area contributed by atoms with Crippen molar-refractivity contribution in [3.63, 3.8) is 0 Å². The topological polar surface area (TPSA) is 65.5 Å². The number of aromatic nitrogens is 1. The first-order chi connectivity index (χ1) is 13.0. The second kappa shape index (κ2) is 8.31. The molecule has 2 amide bonds. The van der Waals surface area contributed by atoms with Crippen molar-refractivity contribution in [2.45, 2.75) is 25.8 Å². The van der Waals surface area contributed by atoms with Gasteiger partial charge in [0.05, 0.1) is 0 Å². The molecule has 6 nitrogen and oxygen atoms in total. The van der Waals surface area contributed by atoms with Crippen LogP contribution in [0.25, 0.3) is 0 Å². The Morgan fingerprint density at radius 2 is 1.89 bits per heavy atom. The van der Waals surface area contributed by atoms with E-state index in [9.17, 15) is 9.59 Å². The van der Waals surface area contributed by atoms with Crippen molar-refractivity contribution < 1.29 is 9.59 Å². The van der Waals surface area contributed by atoms with Crippen molar-refractivity contribution in [3.05, 3.63) is 59.4 Å². The van der Waals surface area contributed by atoms with Gasteiger partial charge < -0.3 is 15.1 Å². The Labute approximate surface area is 160 Å². The van der Waals surface area contributed by atoms with Gasteiger partial charge in [-0.05, 0) is 64.2 Å². The summed E-state index contributed by atoms with van der Waals surface area (Å²) in [5.74, 6) is -0.423. The number of nitrogens with one attached hydrogen (secondary N) is 1. The van der Waals surface area contributed by atoms with E-state index in [0.717, 1.165) is 30.6 Å². The van der Waals surface area contributed by atoms with Gasteiger partial charge in [-0.15, -0.1) is 0 Å². The molecule has 0 aliphatic carbocycles. The van der Waals surface area contributed by atoms with Crippen LogP contribution in [0.15, 0.2) is 42.5 Å². The van der Waals surface area contributed by atoms with Crippen molar-refractivity contribution in [2.24, 2.45) is 0 Å². The van der Waals surface area contributed by atoms with E-state index in [4.69, 9.17) is 0 Å². The summed E-state index contributed by atoms with van der Waals surface area (Å²) in [6, 6.07) is 13.0. The number of amides is 2. The van der Waals surface area contributed by atoms with Crippen LogP contribution in [0, 0.1) is 0 Å². The highest BCUT2D eigenvalue weighted by Crippen LogP contribution is 2.32. The molecule has 0 radical (unpaired) electrons. The number of rotatable bonds is 6. The molecule has 0 spiro atoms. The molecular formula is C21H26N4O2. The molecule has 1 atom stereocenters. The average Bonchev–Trinajstić information content (AvgIpc) is 3.00. The third-order valence-corrected chi connectivity index (χ3v) is 4.69. The van der Waals surface area contributed by atoms with Gasteiger partial charge in [0.2, 0.25) is 0 Å². The number of nitrogens with zero attached hydrogens (tertiary/aromatic N) is 3. The second-order valence-corrected chi connectivity index (χ2v) is 7.18. The summed E-state index contributed by atoms with van der Waals surface area (Å²) in [6.45, 7) is 3.51. The number of hydrogen-bond donors (Lipinski definition) is 1. The number of hydrogen-bond acceptors (Lipinski definition) is 4. The third kappa shape index (κ3) is 4.34. The van der Waals surface area contributed by atoms with E-state index in [0.29, 0.717) is 12.2 Å². The first-order valence-electron chi connectivity index (χ1n) is 9.29. The molecule has 0 saturated carbocycles. The minimum absolute atomic E-state index is 0.0696. The molecule has 1 unspecified atom stereocenters. The smallest absolute Gasteiger partial charge is 0.277 e. The highest BCUT2D eigenvalue weighted by Gasteiger charge is 2.32. The predicted octanol–water partition coefficient (Wildman–Crippen LogP) is 2.35. The minimum Gasteiger partial charge on any atom is -0.351 e. The zero-order valence-electron chi connectivity index (χ0n) is 16.1. The van der Waals surface area contributed by atoms with Crippen molar-refractivity contribution >= 4 is 17.5 Å². The van der Waals surface area contributed by atoms with Crippen LogP contribution in [0.5, 0.6) is 0 Å². The molecule has 1 N–H and O–H groups in total. The normalized spacial score (nSPS) is 15.7. The Morgan fingerprint density at radius 1 is 1.15 bits per heavy atom. The quantitative estimate of drug-likeness (QED) is 0.797. The molecule has 0 saturated heterocycles. The Bertz CT molecular complexity index is 834. The molecule has 1 aliphatic heterocycles. The fourth-order valence-electron chi connectivity index (χ4n) is 3.37. The average molecular weight is 366 g/mol. The van der Waals surface area contributed by atoms with E-state index >= 15 is 0 Å². The van der Waals surface area contributed by atoms with Crippen molar-refractivity contribution in [1.29, 1.82) is 0 Å². The highest BCUT2D eigenvalue weighted by molar-refractivity contribution is 6.07. The third-order valence-electron chi connectivity index (χ3n) is 4.69.